The fourth-order valence-electron chi connectivity index (χ4n) is 3.30. The van der Waals surface area contributed by atoms with Crippen LogP contribution in [0.1, 0.15) is 12.0 Å². The van der Waals surface area contributed by atoms with E-state index < -0.39 is 0 Å². The number of ether oxygens (including phenoxy) is 1. The Hall–Kier alpha value is -2.18. The SMILES string of the molecule is C=CCN1CC(C(=O)Nc2ccccc2CN2CCOCC2)CC1=O. The number of carbonyl (C=O) groups is 2. The fraction of sp³-hybridized carbons (Fsp3) is 0.474. The Balaban J connectivity index is 1.63. The van der Waals surface area contributed by atoms with Crippen molar-refractivity contribution in [2.24, 2.45) is 5.92 Å². The summed E-state index contributed by atoms with van der Waals surface area (Å²) in [6.45, 7) is 8.69. The molecular weight excluding hydrogens is 318 g/mol. The van der Waals surface area contributed by atoms with Crippen molar-refractivity contribution >= 4 is 17.5 Å². The van der Waals surface area contributed by atoms with E-state index >= 15 is 0 Å². The monoisotopic (exact) mass is 343 g/mol. The van der Waals surface area contributed by atoms with Crippen molar-refractivity contribution < 1.29 is 14.3 Å². The van der Waals surface area contributed by atoms with E-state index in [4.69, 9.17) is 4.74 Å². The summed E-state index contributed by atoms with van der Waals surface area (Å²) in [4.78, 5) is 28.5. The largest absolute Gasteiger partial charge is 0.379 e. The zero-order chi connectivity index (χ0) is 17.6. The van der Waals surface area contributed by atoms with Gasteiger partial charge in [0.1, 0.15) is 0 Å². The molecule has 1 unspecified atom stereocenters. The minimum absolute atomic E-state index is 0.0154. The number of benzene rings is 1. The van der Waals surface area contributed by atoms with Crippen LogP contribution >= 0.6 is 0 Å². The van der Waals surface area contributed by atoms with Gasteiger partial charge in [0, 0.05) is 44.8 Å². The molecule has 2 aliphatic heterocycles. The minimum atomic E-state index is -0.302. The van der Waals surface area contributed by atoms with Gasteiger partial charge in [-0.05, 0) is 11.6 Å². The van der Waals surface area contributed by atoms with E-state index in [9.17, 15) is 9.59 Å². The molecule has 2 amide bonds. The van der Waals surface area contributed by atoms with Crippen LogP contribution in [0.2, 0.25) is 0 Å². The lowest BCUT2D eigenvalue weighted by Crippen LogP contribution is -2.36. The lowest BCUT2D eigenvalue weighted by molar-refractivity contribution is -0.127. The molecule has 0 spiro atoms. The number of para-hydroxylation sites is 1. The predicted octanol–water partition coefficient (Wildman–Crippen LogP) is 1.49. The number of morpholine rings is 1. The van der Waals surface area contributed by atoms with Crippen molar-refractivity contribution in [2.75, 3.05) is 44.7 Å². The third-order valence-corrected chi connectivity index (χ3v) is 4.71. The zero-order valence-electron chi connectivity index (χ0n) is 14.4. The highest BCUT2D eigenvalue weighted by Crippen LogP contribution is 2.22. The van der Waals surface area contributed by atoms with Gasteiger partial charge < -0.3 is 15.0 Å². The topological polar surface area (TPSA) is 61.9 Å². The summed E-state index contributed by atoms with van der Waals surface area (Å²) >= 11 is 0. The summed E-state index contributed by atoms with van der Waals surface area (Å²) in [5.41, 5.74) is 1.92. The number of anilines is 1. The van der Waals surface area contributed by atoms with Crippen molar-refractivity contribution in [3.05, 3.63) is 42.5 Å². The lowest BCUT2D eigenvalue weighted by atomic mass is 10.1. The molecule has 2 aliphatic rings. The standard InChI is InChI=1S/C19H25N3O3/c1-2-7-22-14-16(12-18(22)23)19(24)20-17-6-4-3-5-15(17)13-21-8-10-25-11-9-21/h2-6,16H,1,7-14H2,(H,20,24). The Bertz CT molecular complexity index is 641. The van der Waals surface area contributed by atoms with E-state index in [1.165, 1.54) is 0 Å². The van der Waals surface area contributed by atoms with Crippen LogP contribution in [-0.2, 0) is 20.9 Å². The van der Waals surface area contributed by atoms with Crippen molar-refractivity contribution in [3.63, 3.8) is 0 Å². The average Bonchev–Trinajstić information content (AvgIpc) is 2.99. The van der Waals surface area contributed by atoms with Crippen molar-refractivity contribution in [3.8, 4) is 0 Å². The summed E-state index contributed by atoms with van der Waals surface area (Å²) in [7, 11) is 0. The third-order valence-electron chi connectivity index (χ3n) is 4.71. The number of rotatable bonds is 6. The molecule has 2 fully saturated rings. The van der Waals surface area contributed by atoms with Crippen LogP contribution in [0.25, 0.3) is 0 Å². The molecule has 3 rings (SSSR count). The van der Waals surface area contributed by atoms with Crippen LogP contribution in [0.5, 0.6) is 0 Å². The number of amides is 2. The smallest absolute Gasteiger partial charge is 0.229 e. The highest BCUT2D eigenvalue weighted by Gasteiger charge is 2.33. The molecular formula is C19H25N3O3. The molecule has 6 nitrogen and oxygen atoms in total. The molecule has 0 saturated carbocycles. The summed E-state index contributed by atoms with van der Waals surface area (Å²) in [5, 5.41) is 3.02. The number of hydrogen-bond acceptors (Lipinski definition) is 4. The number of nitrogens with zero attached hydrogens (tertiary/aromatic N) is 2. The number of likely N-dealkylation sites (tertiary alicyclic amines) is 1. The summed E-state index contributed by atoms with van der Waals surface area (Å²) < 4.78 is 5.38. The molecule has 0 aliphatic carbocycles. The maximum atomic E-state index is 12.6. The number of nitrogens with one attached hydrogen (secondary N) is 1. The molecule has 0 aromatic heterocycles. The molecule has 134 valence electrons. The van der Waals surface area contributed by atoms with Gasteiger partial charge in [0.2, 0.25) is 11.8 Å². The second-order valence-corrected chi connectivity index (χ2v) is 6.52. The van der Waals surface area contributed by atoms with E-state index in [2.05, 4.69) is 16.8 Å². The third kappa shape index (κ3) is 4.46. The normalized spacial score (nSPS) is 21.4. The van der Waals surface area contributed by atoms with Crippen molar-refractivity contribution in [2.45, 2.75) is 13.0 Å². The summed E-state index contributed by atoms with van der Waals surface area (Å²) in [6.07, 6.45) is 1.96. The minimum Gasteiger partial charge on any atom is -0.379 e. The molecule has 1 atom stereocenters. The Kier molecular flexibility index (Phi) is 5.83. The second kappa shape index (κ2) is 8.27. The maximum absolute atomic E-state index is 12.6. The van der Waals surface area contributed by atoms with Gasteiger partial charge in [-0.15, -0.1) is 6.58 Å². The van der Waals surface area contributed by atoms with Crippen molar-refractivity contribution in [1.82, 2.24) is 9.80 Å². The Morgan fingerprint density at radius 1 is 1.32 bits per heavy atom. The molecule has 25 heavy (non-hydrogen) atoms. The molecule has 2 heterocycles. The molecule has 0 radical (unpaired) electrons. The van der Waals surface area contributed by atoms with Crippen molar-refractivity contribution in [1.29, 1.82) is 0 Å². The molecule has 1 aromatic rings. The Morgan fingerprint density at radius 3 is 2.84 bits per heavy atom. The Labute approximate surface area is 148 Å². The zero-order valence-corrected chi connectivity index (χ0v) is 14.4. The van der Waals surface area contributed by atoms with Gasteiger partial charge in [-0.2, -0.15) is 0 Å². The van der Waals surface area contributed by atoms with Gasteiger partial charge in [-0.1, -0.05) is 24.3 Å². The Morgan fingerprint density at radius 2 is 2.08 bits per heavy atom. The predicted molar refractivity (Wildman–Crippen MR) is 96.1 cm³/mol. The highest BCUT2D eigenvalue weighted by molar-refractivity contribution is 5.97. The first-order valence-corrected chi connectivity index (χ1v) is 8.75. The van der Waals surface area contributed by atoms with Gasteiger partial charge in [-0.25, -0.2) is 0 Å². The van der Waals surface area contributed by atoms with Crippen LogP contribution < -0.4 is 5.32 Å². The van der Waals surface area contributed by atoms with Crippen LogP contribution in [0.3, 0.4) is 0 Å². The van der Waals surface area contributed by atoms with Gasteiger partial charge in [0.05, 0.1) is 19.1 Å². The van der Waals surface area contributed by atoms with E-state index in [0.29, 0.717) is 13.1 Å². The first-order valence-electron chi connectivity index (χ1n) is 8.75. The van der Waals surface area contributed by atoms with Gasteiger partial charge in [-0.3, -0.25) is 14.5 Å². The number of hydrogen-bond donors (Lipinski definition) is 1. The first-order chi connectivity index (χ1) is 12.2. The van der Waals surface area contributed by atoms with E-state index in [0.717, 1.165) is 44.1 Å². The van der Waals surface area contributed by atoms with Crippen LogP contribution in [0.15, 0.2) is 36.9 Å². The maximum Gasteiger partial charge on any atom is 0.229 e. The average molecular weight is 343 g/mol. The lowest BCUT2D eigenvalue weighted by Gasteiger charge is -2.27. The quantitative estimate of drug-likeness (QED) is 0.795. The molecule has 6 heteroatoms. The molecule has 2 saturated heterocycles. The second-order valence-electron chi connectivity index (χ2n) is 6.52. The summed E-state index contributed by atoms with van der Waals surface area (Å²) in [6, 6.07) is 7.86. The summed E-state index contributed by atoms with van der Waals surface area (Å²) in [5.74, 6) is -0.375. The molecule has 0 bridgehead atoms. The molecule has 1 N–H and O–H groups in total. The van der Waals surface area contributed by atoms with Crippen LogP contribution in [-0.4, -0.2) is 61.0 Å². The van der Waals surface area contributed by atoms with E-state index in [1.54, 1.807) is 11.0 Å². The fourth-order valence-corrected chi connectivity index (χ4v) is 3.30. The van der Waals surface area contributed by atoms with E-state index in [1.807, 2.05) is 24.3 Å². The van der Waals surface area contributed by atoms with Gasteiger partial charge >= 0.3 is 0 Å². The van der Waals surface area contributed by atoms with E-state index in [-0.39, 0.29) is 24.2 Å². The van der Waals surface area contributed by atoms with Gasteiger partial charge in [0.25, 0.3) is 0 Å². The molecule has 1 aromatic carbocycles. The highest BCUT2D eigenvalue weighted by atomic mass is 16.5. The van der Waals surface area contributed by atoms with Gasteiger partial charge in [0.15, 0.2) is 0 Å². The number of carbonyl (C=O) groups excluding carboxylic acids is 2. The van der Waals surface area contributed by atoms with Crippen LogP contribution in [0.4, 0.5) is 5.69 Å². The first kappa shape index (κ1) is 17.6. The van der Waals surface area contributed by atoms with Crippen LogP contribution in [0, 0.1) is 5.92 Å².